The van der Waals surface area contributed by atoms with Crippen molar-refractivity contribution < 1.29 is 14.3 Å². The lowest BCUT2D eigenvalue weighted by Crippen LogP contribution is -2.07. The van der Waals surface area contributed by atoms with Crippen LogP contribution in [0.25, 0.3) is 16.3 Å². The Kier molecular flexibility index (Phi) is 4.77. The number of ether oxygens (including phenoxy) is 2. The zero-order valence-electron chi connectivity index (χ0n) is 13.3. The van der Waals surface area contributed by atoms with Crippen LogP contribution in [0.15, 0.2) is 48.5 Å². The molecule has 5 nitrogen and oxygen atoms in total. The molecule has 24 heavy (non-hydrogen) atoms. The summed E-state index contributed by atoms with van der Waals surface area (Å²) in [6, 6.07) is 13.1. The monoisotopic (exact) mass is 340 g/mol. The highest BCUT2D eigenvalue weighted by molar-refractivity contribution is 7.19. The highest BCUT2D eigenvalue weighted by Gasteiger charge is 2.06. The van der Waals surface area contributed by atoms with Gasteiger partial charge in [0.1, 0.15) is 5.01 Å². The van der Waals surface area contributed by atoms with Crippen molar-refractivity contribution in [2.45, 2.75) is 0 Å². The maximum atomic E-state index is 12.1. The molecule has 0 unspecified atom stereocenters. The fourth-order valence-electron chi connectivity index (χ4n) is 2.21. The molecule has 0 saturated carbocycles. The molecule has 0 atom stereocenters. The van der Waals surface area contributed by atoms with Gasteiger partial charge in [0.15, 0.2) is 11.5 Å². The number of methoxy groups -OCH3 is 2. The molecule has 0 fully saturated rings. The first kappa shape index (κ1) is 16.0. The second-order valence-electron chi connectivity index (χ2n) is 4.91. The summed E-state index contributed by atoms with van der Waals surface area (Å²) in [5.74, 6) is 0.937. The number of nitrogens with zero attached hydrogens (tertiary/aromatic N) is 1. The fraction of sp³-hybridized carbons (Fsp3) is 0.111. The minimum Gasteiger partial charge on any atom is -0.493 e. The molecule has 0 aliphatic carbocycles. The molecule has 0 saturated heterocycles. The van der Waals surface area contributed by atoms with Crippen LogP contribution in [0.1, 0.15) is 5.01 Å². The number of fused-ring (bicyclic) bond motifs is 1. The number of nitrogens with one attached hydrogen (secondary N) is 1. The summed E-state index contributed by atoms with van der Waals surface area (Å²) >= 11 is 1.54. The molecule has 0 aliphatic heterocycles. The lowest BCUT2D eigenvalue weighted by atomic mass is 10.2. The second-order valence-corrected chi connectivity index (χ2v) is 5.97. The predicted molar refractivity (Wildman–Crippen MR) is 96.8 cm³/mol. The second kappa shape index (κ2) is 7.14. The zero-order valence-corrected chi connectivity index (χ0v) is 14.1. The van der Waals surface area contributed by atoms with Crippen molar-refractivity contribution in [1.82, 2.24) is 4.98 Å². The topological polar surface area (TPSA) is 60.5 Å². The normalized spacial score (nSPS) is 10.9. The van der Waals surface area contributed by atoms with E-state index in [4.69, 9.17) is 9.47 Å². The maximum absolute atomic E-state index is 12.1. The number of carbonyl (C=O) groups excluding carboxylic acids is 1. The first-order valence-electron chi connectivity index (χ1n) is 7.26. The van der Waals surface area contributed by atoms with Gasteiger partial charge in [-0.05, 0) is 30.3 Å². The highest BCUT2D eigenvalue weighted by atomic mass is 32.1. The van der Waals surface area contributed by atoms with Crippen LogP contribution in [-0.2, 0) is 4.79 Å². The van der Waals surface area contributed by atoms with Crippen LogP contribution in [0, 0.1) is 0 Å². The number of hydrogen-bond donors (Lipinski definition) is 1. The van der Waals surface area contributed by atoms with Gasteiger partial charge in [-0.2, -0.15) is 0 Å². The van der Waals surface area contributed by atoms with E-state index < -0.39 is 0 Å². The number of benzene rings is 2. The third-order valence-corrected chi connectivity index (χ3v) is 4.34. The SMILES string of the molecule is COc1ccc(NC(=O)/C=C/c2nc3ccccc3s2)cc1OC. The summed E-state index contributed by atoms with van der Waals surface area (Å²) < 4.78 is 11.5. The van der Waals surface area contributed by atoms with E-state index in [0.29, 0.717) is 17.2 Å². The van der Waals surface area contributed by atoms with Crippen LogP contribution in [0.2, 0.25) is 0 Å². The molecule has 0 bridgehead atoms. The molecule has 2 aromatic carbocycles. The van der Waals surface area contributed by atoms with E-state index in [1.807, 2.05) is 24.3 Å². The number of para-hydroxylation sites is 1. The quantitative estimate of drug-likeness (QED) is 0.714. The van der Waals surface area contributed by atoms with Crippen molar-refractivity contribution >= 4 is 39.2 Å². The van der Waals surface area contributed by atoms with Crippen LogP contribution in [0.5, 0.6) is 11.5 Å². The van der Waals surface area contributed by atoms with Gasteiger partial charge in [-0.15, -0.1) is 11.3 Å². The number of hydrogen-bond acceptors (Lipinski definition) is 5. The molecule has 0 aliphatic rings. The summed E-state index contributed by atoms with van der Waals surface area (Å²) in [6.45, 7) is 0. The molecular formula is C18H16N2O3S. The van der Waals surface area contributed by atoms with Gasteiger partial charge in [0, 0.05) is 17.8 Å². The average molecular weight is 340 g/mol. The average Bonchev–Trinajstić information content (AvgIpc) is 3.03. The third kappa shape index (κ3) is 3.55. The van der Waals surface area contributed by atoms with E-state index in [-0.39, 0.29) is 5.91 Å². The Morgan fingerprint density at radius 1 is 1.12 bits per heavy atom. The van der Waals surface area contributed by atoms with Crippen molar-refractivity contribution in [2.75, 3.05) is 19.5 Å². The van der Waals surface area contributed by atoms with Crippen molar-refractivity contribution in [2.24, 2.45) is 0 Å². The van der Waals surface area contributed by atoms with Crippen molar-refractivity contribution in [1.29, 1.82) is 0 Å². The molecule has 1 aromatic heterocycles. The zero-order chi connectivity index (χ0) is 16.9. The van der Waals surface area contributed by atoms with E-state index in [1.165, 1.54) is 6.08 Å². The molecule has 0 spiro atoms. The molecule has 3 aromatic rings. The van der Waals surface area contributed by atoms with Crippen LogP contribution >= 0.6 is 11.3 Å². The molecule has 6 heteroatoms. The molecule has 122 valence electrons. The Balaban J connectivity index is 1.70. The highest BCUT2D eigenvalue weighted by Crippen LogP contribution is 2.29. The van der Waals surface area contributed by atoms with Gasteiger partial charge in [0.2, 0.25) is 5.91 Å². The lowest BCUT2D eigenvalue weighted by molar-refractivity contribution is -0.111. The molecule has 1 amide bonds. The van der Waals surface area contributed by atoms with Gasteiger partial charge in [-0.1, -0.05) is 12.1 Å². The van der Waals surface area contributed by atoms with Crippen LogP contribution in [-0.4, -0.2) is 25.1 Å². The van der Waals surface area contributed by atoms with E-state index in [9.17, 15) is 4.79 Å². The smallest absolute Gasteiger partial charge is 0.248 e. The third-order valence-electron chi connectivity index (χ3n) is 3.34. The Morgan fingerprint density at radius 3 is 2.67 bits per heavy atom. The van der Waals surface area contributed by atoms with Crippen molar-refractivity contribution in [3.05, 3.63) is 53.5 Å². The standard InChI is InChI=1S/C18H16N2O3S/c1-22-14-8-7-12(11-15(14)23-2)19-17(21)9-10-18-20-13-5-3-4-6-16(13)24-18/h3-11H,1-2H3,(H,19,21)/b10-9+. The van der Waals surface area contributed by atoms with Gasteiger partial charge in [0.25, 0.3) is 0 Å². The number of thiazole rings is 1. The lowest BCUT2D eigenvalue weighted by Gasteiger charge is -2.09. The molecule has 1 N–H and O–H groups in total. The summed E-state index contributed by atoms with van der Waals surface area (Å²) in [6.07, 6.45) is 3.18. The van der Waals surface area contributed by atoms with Crippen LogP contribution in [0.3, 0.4) is 0 Å². The maximum Gasteiger partial charge on any atom is 0.248 e. The number of amides is 1. The fourth-order valence-corrected chi connectivity index (χ4v) is 3.08. The van der Waals surface area contributed by atoms with Gasteiger partial charge in [-0.3, -0.25) is 4.79 Å². The molecule has 0 radical (unpaired) electrons. The van der Waals surface area contributed by atoms with Crippen LogP contribution in [0.4, 0.5) is 5.69 Å². The molecule has 1 heterocycles. The largest absolute Gasteiger partial charge is 0.493 e. The van der Waals surface area contributed by atoms with E-state index in [0.717, 1.165) is 15.2 Å². The Hall–Kier alpha value is -2.86. The van der Waals surface area contributed by atoms with Gasteiger partial charge >= 0.3 is 0 Å². The number of anilines is 1. The van der Waals surface area contributed by atoms with Crippen molar-refractivity contribution in [3.63, 3.8) is 0 Å². The Labute approximate surface area is 143 Å². The van der Waals surface area contributed by atoms with Crippen molar-refractivity contribution in [3.8, 4) is 11.5 Å². The number of rotatable bonds is 5. The number of aromatic nitrogens is 1. The van der Waals surface area contributed by atoms with E-state index in [1.54, 1.807) is 49.8 Å². The van der Waals surface area contributed by atoms with Gasteiger partial charge in [0.05, 0.1) is 24.4 Å². The molecule has 3 rings (SSSR count). The Bertz CT molecular complexity index is 869. The number of carbonyl (C=O) groups is 1. The Morgan fingerprint density at radius 2 is 1.92 bits per heavy atom. The predicted octanol–water partition coefficient (Wildman–Crippen LogP) is 3.97. The van der Waals surface area contributed by atoms with Gasteiger partial charge < -0.3 is 14.8 Å². The summed E-state index contributed by atoms with van der Waals surface area (Å²) in [5.41, 5.74) is 1.56. The van der Waals surface area contributed by atoms with E-state index >= 15 is 0 Å². The first-order chi connectivity index (χ1) is 11.7. The van der Waals surface area contributed by atoms with Crippen LogP contribution < -0.4 is 14.8 Å². The van der Waals surface area contributed by atoms with E-state index in [2.05, 4.69) is 10.3 Å². The summed E-state index contributed by atoms with van der Waals surface area (Å²) in [7, 11) is 3.12. The molecular weight excluding hydrogens is 324 g/mol. The van der Waals surface area contributed by atoms with Gasteiger partial charge in [-0.25, -0.2) is 4.98 Å². The summed E-state index contributed by atoms with van der Waals surface area (Å²) in [5, 5.41) is 3.58. The summed E-state index contributed by atoms with van der Waals surface area (Å²) in [4.78, 5) is 16.5. The minimum absolute atomic E-state index is 0.235. The first-order valence-corrected chi connectivity index (χ1v) is 8.08. The minimum atomic E-state index is -0.235.